The minimum absolute atomic E-state index is 0.0149. The summed E-state index contributed by atoms with van der Waals surface area (Å²) in [7, 11) is 0. The minimum atomic E-state index is -4.69. The number of imidazole rings is 1. The first-order valence-electron chi connectivity index (χ1n) is 5.91. The van der Waals surface area contributed by atoms with E-state index < -0.39 is 28.7 Å². The molecule has 0 aliphatic carbocycles. The predicted molar refractivity (Wildman–Crippen MR) is 68.4 cm³/mol. The van der Waals surface area contributed by atoms with E-state index in [1.807, 2.05) is 0 Å². The first kappa shape index (κ1) is 13.9. The number of rotatable bonds is 2. The Hall–Kier alpha value is -3.04. The molecule has 0 saturated heterocycles. The van der Waals surface area contributed by atoms with E-state index in [1.54, 1.807) is 0 Å². The molecule has 10 heteroatoms. The molecule has 0 unspecified atom stereocenters. The van der Waals surface area contributed by atoms with Crippen LogP contribution in [0.3, 0.4) is 0 Å². The van der Waals surface area contributed by atoms with E-state index >= 15 is 0 Å². The number of aromatic amines is 2. The van der Waals surface area contributed by atoms with Gasteiger partial charge in [-0.1, -0.05) is 16.9 Å². The van der Waals surface area contributed by atoms with Gasteiger partial charge in [-0.25, -0.2) is 9.78 Å². The van der Waals surface area contributed by atoms with Crippen molar-refractivity contribution in [3.8, 4) is 5.75 Å². The molecule has 2 N–H and O–H groups in total. The number of nitrogens with one attached hydrogen (secondary N) is 2. The quantitative estimate of drug-likeness (QED) is 0.745. The van der Waals surface area contributed by atoms with Crippen LogP contribution in [0.25, 0.3) is 11.2 Å². The Bertz CT molecular complexity index is 954. The molecule has 3 aromatic rings. The lowest BCUT2D eigenvalue weighted by atomic mass is 10.2. The lowest BCUT2D eigenvalue weighted by Crippen LogP contribution is -2.38. The Morgan fingerprint density at radius 3 is 2.64 bits per heavy atom. The van der Waals surface area contributed by atoms with Gasteiger partial charge >= 0.3 is 17.4 Å². The summed E-state index contributed by atoms with van der Waals surface area (Å²) in [4.78, 5) is 37.0. The summed E-state index contributed by atoms with van der Waals surface area (Å²) in [6, 6.07) is 4.24. The van der Waals surface area contributed by atoms with E-state index in [4.69, 9.17) is 4.84 Å². The molecule has 114 valence electrons. The maximum Gasteiger partial charge on any atom is 0.420 e. The van der Waals surface area contributed by atoms with Gasteiger partial charge in [0.05, 0.1) is 6.33 Å². The summed E-state index contributed by atoms with van der Waals surface area (Å²) in [5.74, 6) is -0.665. The zero-order valence-electron chi connectivity index (χ0n) is 10.6. The molecule has 1 aromatic carbocycles. The second-order valence-corrected chi connectivity index (χ2v) is 4.24. The van der Waals surface area contributed by atoms with Crippen LogP contribution in [0.2, 0.25) is 0 Å². The molecule has 0 aliphatic rings. The van der Waals surface area contributed by atoms with Crippen molar-refractivity contribution < 1.29 is 18.0 Å². The molecule has 2 heterocycles. The number of H-pyrrole nitrogens is 2. The van der Waals surface area contributed by atoms with Crippen LogP contribution in [0.15, 0.2) is 40.2 Å². The molecule has 2 aromatic heterocycles. The van der Waals surface area contributed by atoms with Gasteiger partial charge in [0.25, 0.3) is 0 Å². The third-order valence-corrected chi connectivity index (χ3v) is 2.83. The summed E-state index contributed by atoms with van der Waals surface area (Å²) in [6.45, 7) is 0. The average Bonchev–Trinajstić information content (AvgIpc) is 2.91. The van der Waals surface area contributed by atoms with Gasteiger partial charge in [0.1, 0.15) is 5.56 Å². The van der Waals surface area contributed by atoms with Crippen LogP contribution in [-0.4, -0.2) is 19.7 Å². The van der Waals surface area contributed by atoms with E-state index in [2.05, 4.69) is 15.0 Å². The molecule has 0 radical (unpaired) electrons. The molecule has 0 saturated carbocycles. The van der Waals surface area contributed by atoms with Crippen LogP contribution in [0.5, 0.6) is 5.75 Å². The third kappa shape index (κ3) is 2.24. The highest BCUT2D eigenvalue weighted by atomic mass is 19.4. The van der Waals surface area contributed by atoms with Crippen molar-refractivity contribution in [2.45, 2.75) is 6.18 Å². The van der Waals surface area contributed by atoms with Crippen molar-refractivity contribution in [3.63, 3.8) is 0 Å². The van der Waals surface area contributed by atoms with Gasteiger partial charge in [-0.2, -0.15) is 13.2 Å². The first-order chi connectivity index (χ1) is 10.4. The molecule has 3 rings (SSSR count). The summed E-state index contributed by atoms with van der Waals surface area (Å²) in [5, 5.41) is 0. The number of benzene rings is 1. The highest BCUT2D eigenvalue weighted by molar-refractivity contribution is 5.67. The van der Waals surface area contributed by atoms with Gasteiger partial charge in [0.2, 0.25) is 0 Å². The Morgan fingerprint density at radius 1 is 1.18 bits per heavy atom. The Morgan fingerprint density at radius 2 is 1.91 bits per heavy atom. The molecule has 0 spiro atoms. The molecular weight excluding hydrogens is 305 g/mol. The van der Waals surface area contributed by atoms with Crippen LogP contribution >= 0.6 is 0 Å². The third-order valence-electron chi connectivity index (χ3n) is 2.83. The standard InChI is InChI=1S/C12H7F3N4O3/c13-12(14,15)6-3-1-2-4-7(6)22-19-10(20)8-9(17-5-16-8)18-11(19)21/h1-5H,(H,16,17)(H,18,21). The molecule has 0 amide bonds. The summed E-state index contributed by atoms with van der Waals surface area (Å²) in [5.41, 5.74) is -3.20. The second kappa shape index (κ2) is 4.76. The zero-order valence-corrected chi connectivity index (χ0v) is 10.6. The molecule has 0 bridgehead atoms. The highest BCUT2D eigenvalue weighted by Crippen LogP contribution is 2.35. The van der Waals surface area contributed by atoms with E-state index in [-0.39, 0.29) is 15.9 Å². The molecule has 0 aliphatic heterocycles. The highest BCUT2D eigenvalue weighted by Gasteiger charge is 2.34. The molecular formula is C12H7F3N4O3. The molecule has 7 nitrogen and oxygen atoms in total. The second-order valence-electron chi connectivity index (χ2n) is 4.24. The van der Waals surface area contributed by atoms with E-state index in [0.29, 0.717) is 0 Å². The number of alkyl halides is 3. The van der Waals surface area contributed by atoms with Gasteiger partial charge in [-0.3, -0.25) is 9.78 Å². The van der Waals surface area contributed by atoms with Gasteiger partial charge in [-0.05, 0) is 12.1 Å². The van der Waals surface area contributed by atoms with E-state index in [9.17, 15) is 22.8 Å². The number of halogens is 3. The lowest BCUT2D eigenvalue weighted by molar-refractivity contribution is -0.139. The monoisotopic (exact) mass is 312 g/mol. The van der Waals surface area contributed by atoms with Crippen LogP contribution in [-0.2, 0) is 6.18 Å². The SMILES string of the molecule is O=c1[nH]c2nc[nH]c2c(=O)n1Oc1ccccc1C(F)(F)F. The number of para-hydroxylation sites is 1. The van der Waals surface area contributed by atoms with Crippen LogP contribution < -0.4 is 16.1 Å². The van der Waals surface area contributed by atoms with Crippen LogP contribution in [0.1, 0.15) is 5.56 Å². The number of hydrogen-bond acceptors (Lipinski definition) is 4. The fourth-order valence-electron chi connectivity index (χ4n) is 1.86. The topological polar surface area (TPSA) is 92.8 Å². The van der Waals surface area contributed by atoms with Gasteiger partial charge in [-0.15, -0.1) is 0 Å². The smallest absolute Gasteiger partial charge is 0.367 e. The van der Waals surface area contributed by atoms with Crippen molar-refractivity contribution in [1.29, 1.82) is 0 Å². The first-order valence-corrected chi connectivity index (χ1v) is 5.91. The number of aromatic nitrogens is 4. The van der Waals surface area contributed by atoms with E-state index in [1.165, 1.54) is 12.1 Å². The predicted octanol–water partition coefficient (Wildman–Crippen LogP) is 1.27. The number of hydrogen-bond donors (Lipinski definition) is 2. The van der Waals surface area contributed by atoms with Gasteiger partial charge in [0.15, 0.2) is 16.9 Å². The van der Waals surface area contributed by atoms with Crippen molar-refractivity contribution in [2.24, 2.45) is 0 Å². The fraction of sp³-hybridized carbons (Fsp3) is 0.0833. The van der Waals surface area contributed by atoms with Gasteiger partial charge < -0.3 is 9.82 Å². The largest absolute Gasteiger partial charge is 0.420 e. The van der Waals surface area contributed by atoms with Crippen molar-refractivity contribution in [3.05, 3.63) is 57.0 Å². The molecule has 0 atom stereocenters. The Labute approximate surface area is 119 Å². The van der Waals surface area contributed by atoms with E-state index in [0.717, 1.165) is 18.5 Å². The molecule has 0 fully saturated rings. The molecule has 22 heavy (non-hydrogen) atoms. The maximum absolute atomic E-state index is 12.9. The summed E-state index contributed by atoms with van der Waals surface area (Å²) in [6.07, 6.45) is -3.53. The Balaban J connectivity index is 2.16. The van der Waals surface area contributed by atoms with Crippen molar-refractivity contribution in [2.75, 3.05) is 0 Å². The normalized spacial score (nSPS) is 11.8. The van der Waals surface area contributed by atoms with Crippen molar-refractivity contribution in [1.82, 2.24) is 19.7 Å². The number of nitrogens with zero attached hydrogens (tertiary/aromatic N) is 2. The Kier molecular flexibility index (Phi) is 3.01. The maximum atomic E-state index is 12.9. The fourth-order valence-corrected chi connectivity index (χ4v) is 1.86. The minimum Gasteiger partial charge on any atom is -0.367 e. The summed E-state index contributed by atoms with van der Waals surface area (Å²) >= 11 is 0. The zero-order chi connectivity index (χ0) is 15.9. The lowest BCUT2D eigenvalue weighted by Gasteiger charge is -2.13. The van der Waals surface area contributed by atoms with Crippen LogP contribution in [0.4, 0.5) is 13.2 Å². The van der Waals surface area contributed by atoms with Crippen LogP contribution in [0, 0.1) is 0 Å². The van der Waals surface area contributed by atoms with Gasteiger partial charge in [0, 0.05) is 0 Å². The summed E-state index contributed by atoms with van der Waals surface area (Å²) < 4.78 is 38.9. The van der Waals surface area contributed by atoms with Crippen molar-refractivity contribution >= 4 is 11.2 Å². The average molecular weight is 312 g/mol. The number of fused-ring (bicyclic) bond motifs is 1.